The molecule has 0 saturated heterocycles. The molecule has 1 spiro atoms. The van der Waals surface area contributed by atoms with Gasteiger partial charge >= 0.3 is 0 Å². The van der Waals surface area contributed by atoms with Crippen LogP contribution in [0.3, 0.4) is 0 Å². The van der Waals surface area contributed by atoms with Crippen LogP contribution in [0.25, 0.3) is 0 Å². The predicted molar refractivity (Wildman–Crippen MR) is 80.2 cm³/mol. The Bertz CT molecular complexity index is 690. The van der Waals surface area contributed by atoms with Gasteiger partial charge in [0.1, 0.15) is 5.54 Å². The summed E-state index contributed by atoms with van der Waals surface area (Å²) >= 11 is 1.31. The third-order valence-electron chi connectivity index (χ3n) is 3.90. The smallest absolute Gasteiger partial charge is 0.211 e. The van der Waals surface area contributed by atoms with Crippen molar-refractivity contribution in [2.75, 3.05) is 4.90 Å². The molecule has 0 N–H and O–H groups in total. The van der Waals surface area contributed by atoms with E-state index in [0.29, 0.717) is 0 Å². The summed E-state index contributed by atoms with van der Waals surface area (Å²) < 4.78 is 2.16. The van der Waals surface area contributed by atoms with Gasteiger partial charge in [-0.3, -0.25) is 4.79 Å². The Hall–Kier alpha value is -2.01. The second-order valence-corrected chi connectivity index (χ2v) is 6.20. The molecular formula is C15H13N3OS. The molecule has 3 aliphatic rings. The normalized spacial score (nSPS) is 28.9. The van der Waals surface area contributed by atoms with Crippen LogP contribution >= 0.6 is 11.8 Å². The van der Waals surface area contributed by atoms with Crippen molar-refractivity contribution in [1.29, 1.82) is 0 Å². The van der Waals surface area contributed by atoms with Gasteiger partial charge in [-0.05, 0) is 12.2 Å². The first-order chi connectivity index (χ1) is 9.73. The molecule has 2 unspecified atom stereocenters. The zero-order valence-electron chi connectivity index (χ0n) is 10.9. The summed E-state index contributed by atoms with van der Waals surface area (Å²) in [5.74, 6) is 0.914. The highest BCUT2D eigenvalue weighted by molar-refractivity contribution is 8.17. The zero-order valence-corrected chi connectivity index (χ0v) is 11.7. The number of hydrogen-bond acceptors (Lipinski definition) is 4. The molecule has 1 aromatic rings. The molecule has 100 valence electrons. The maximum Gasteiger partial charge on any atom is 0.211 e. The maximum atomic E-state index is 11.6. The Kier molecular flexibility index (Phi) is 2.35. The Balaban J connectivity index is 1.92. The van der Waals surface area contributed by atoms with E-state index in [9.17, 15) is 4.79 Å². The van der Waals surface area contributed by atoms with Gasteiger partial charge in [-0.1, -0.05) is 36.1 Å². The molecule has 0 bridgehead atoms. The molecule has 4 nitrogen and oxygen atoms in total. The van der Waals surface area contributed by atoms with Crippen molar-refractivity contribution in [1.82, 2.24) is 9.55 Å². The van der Waals surface area contributed by atoms with Gasteiger partial charge in [0, 0.05) is 30.4 Å². The quantitative estimate of drug-likeness (QED) is 0.794. The zero-order chi connectivity index (χ0) is 13.7. The lowest BCUT2D eigenvalue weighted by molar-refractivity contribution is -0.109. The van der Waals surface area contributed by atoms with E-state index < -0.39 is 0 Å². The Morgan fingerprint density at radius 2 is 2.30 bits per heavy atom. The lowest BCUT2D eigenvalue weighted by atomic mass is 9.84. The van der Waals surface area contributed by atoms with Crippen molar-refractivity contribution in [3.63, 3.8) is 0 Å². The van der Waals surface area contributed by atoms with E-state index in [1.807, 2.05) is 42.9 Å². The molecule has 5 heteroatoms. The van der Waals surface area contributed by atoms with Gasteiger partial charge in [0.05, 0.1) is 6.04 Å². The van der Waals surface area contributed by atoms with Crippen LogP contribution in [0, 0.1) is 0 Å². The van der Waals surface area contributed by atoms with Gasteiger partial charge in [0.15, 0.2) is 5.12 Å². The van der Waals surface area contributed by atoms with E-state index in [1.165, 1.54) is 11.8 Å². The number of imidazole rings is 1. The molecule has 0 aromatic carbocycles. The van der Waals surface area contributed by atoms with Gasteiger partial charge in [-0.15, -0.1) is 0 Å². The summed E-state index contributed by atoms with van der Waals surface area (Å²) in [6, 6.07) is 0.132. The number of thioether (sulfide) groups is 1. The Morgan fingerprint density at radius 3 is 3.15 bits per heavy atom. The Labute approximate surface area is 121 Å². The van der Waals surface area contributed by atoms with Crippen LogP contribution in [-0.4, -0.2) is 20.2 Å². The van der Waals surface area contributed by atoms with Crippen LogP contribution in [0.15, 0.2) is 60.0 Å². The lowest BCUT2D eigenvalue weighted by Gasteiger charge is -2.41. The van der Waals surface area contributed by atoms with Crippen LogP contribution in [0.5, 0.6) is 0 Å². The van der Waals surface area contributed by atoms with Gasteiger partial charge < -0.3 is 9.47 Å². The molecule has 3 heterocycles. The summed E-state index contributed by atoms with van der Waals surface area (Å²) in [5.41, 5.74) is -0.344. The van der Waals surface area contributed by atoms with Crippen LogP contribution < -0.4 is 4.90 Å². The van der Waals surface area contributed by atoms with E-state index >= 15 is 0 Å². The second kappa shape index (κ2) is 3.99. The summed E-state index contributed by atoms with van der Waals surface area (Å²) in [7, 11) is 0. The summed E-state index contributed by atoms with van der Waals surface area (Å²) in [6.45, 7) is 1.61. The summed E-state index contributed by atoms with van der Waals surface area (Å²) in [4.78, 5) is 19.3. The van der Waals surface area contributed by atoms with Gasteiger partial charge in [-0.25, -0.2) is 4.98 Å². The fraction of sp³-hybridized carbons (Fsp3) is 0.200. The third-order valence-corrected chi connectivity index (χ3v) is 4.87. The summed E-state index contributed by atoms with van der Waals surface area (Å²) in [5, 5.41) is 0.104. The molecule has 1 aromatic heterocycles. The van der Waals surface area contributed by atoms with Crippen molar-refractivity contribution in [2.24, 2.45) is 0 Å². The average Bonchev–Trinajstić information content (AvgIpc) is 2.98. The number of nitrogens with zero attached hydrogens (tertiary/aromatic N) is 3. The van der Waals surface area contributed by atoms with Crippen molar-refractivity contribution >= 4 is 22.8 Å². The molecule has 20 heavy (non-hydrogen) atoms. The van der Waals surface area contributed by atoms with E-state index in [1.54, 1.807) is 6.92 Å². The fourth-order valence-electron chi connectivity index (χ4n) is 3.17. The minimum atomic E-state index is -0.344. The number of anilines is 1. The first kappa shape index (κ1) is 11.8. The largest absolute Gasteiger partial charge is 0.307 e. The molecule has 4 rings (SSSR count). The molecule has 2 atom stereocenters. The van der Waals surface area contributed by atoms with Crippen molar-refractivity contribution < 1.29 is 4.79 Å². The fourth-order valence-corrected chi connectivity index (χ4v) is 4.08. The monoisotopic (exact) mass is 283 g/mol. The molecular weight excluding hydrogens is 270 g/mol. The average molecular weight is 283 g/mol. The highest BCUT2D eigenvalue weighted by Gasteiger charge is 2.53. The SMILES string of the molecule is CC(=O)SC1=CC=CC2n3ccnc3N3C=CC=CC123. The van der Waals surface area contributed by atoms with Gasteiger partial charge in [0.25, 0.3) is 0 Å². The van der Waals surface area contributed by atoms with Crippen LogP contribution in [0.1, 0.15) is 13.0 Å². The molecule has 0 fully saturated rings. The first-order valence-electron chi connectivity index (χ1n) is 6.49. The van der Waals surface area contributed by atoms with E-state index in [0.717, 1.165) is 10.9 Å². The number of aromatic nitrogens is 2. The minimum absolute atomic E-state index is 0.104. The second-order valence-electron chi connectivity index (χ2n) is 4.98. The van der Waals surface area contributed by atoms with Crippen LogP contribution in [0.4, 0.5) is 5.95 Å². The molecule has 0 radical (unpaired) electrons. The maximum absolute atomic E-state index is 11.6. The predicted octanol–water partition coefficient (Wildman–Crippen LogP) is 2.80. The first-order valence-corrected chi connectivity index (χ1v) is 7.31. The summed E-state index contributed by atoms with van der Waals surface area (Å²) in [6.07, 6.45) is 18.3. The minimum Gasteiger partial charge on any atom is -0.307 e. The van der Waals surface area contributed by atoms with Crippen LogP contribution in [0.2, 0.25) is 0 Å². The molecule has 0 saturated carbocycles. The topological polar surface area (TPSA) is 38.1 Å². The number of carbonyl (C=O) groups is 1. The van der Waals surface area contributed by atoms with Crippen LogP contribution in [-0.2, 0) is 4.79 Å². The molecule has 0 amide bonds. The van der Waals surface area contributed by atoms with Gasteiger partial charge in [-0.2, -0.15) is 0 Å². The number of carbonyl (C=O) groups excluding carboxylic acids is 1. The number of rotatable bonds is 1. The van der Waals surface area contributed by atoms with Crippen molar-refractivity contribution in [3.05, 3.63) is 60.0 Å². The van der Waals surface area contributed by atoms with E-state index in [4.69, 9.17) is 0 Å². The lowest BCUT2D eigenvalue weighted by Crippen LogP contribution is -2.47. The highest BCUT2D eigenvalue weighted by Crippen LogP contribution is 2.53. The molecule has 1 aliphatic carbocycles. The number of hydrogen-bond donors (Lipinski definition) is 0. The standard InChI is InChI=1S/C15H13N3OS/c1-11(19)20-13-6-4-5-12-15(13)7-2-3-9-18(15)14-16-8-10-17(12)14/h2-10,12H,1H3. The molecule has 2 aliphatic heterocycles. The van der Waals surface area contributed by atoms with E-state index in [-0.39, 0.29) is 16.7 Å². The van der Waals surface area contributed by atoms with E-state index in [2.05, 4.69) is 26.6 Å². The number of allylic oxidation sites excluding steroid dienone is 4. The number of fused-ring (bicyclic) bond motifs is 3. The van der Waals surface area contributed by atoms with Crippen molar-refractivity contribution in [2.45, 2.75) is 18.5 Å². The third kappa shape index (κ3) is 1.33. The van der Waals surface area contributed by atoms with Crippen molar-refractivity contribution in [3.8, 4) is 0 Å². The highest BCUT2D eigenvalue weighted by atomic mass is 32.2. The van der Waals surface area contributed by atoms with Gasteiger partial charge in [0.2, 0.25) is 5.95 Å². The Morgan fingerprint density at radius 1 is 1.40 bits per heavy atom.